The zero-order chi connectivity index (χ0) is 14.7. The summed E-state index contributed by atoms with van der Waals surface area (Å²) in [6.45, 7) is 4.09. The maximum absolute atomic E-state index is 11.1. The van der Waals surface area contributed by atoms with Crippen molar-refractivity contribution in [1.82, 2.24) is 9.97 Å². The standard InChI is InChI=1S/C12H13ClN4O2S/c1-3-8-4-5-9(20-8)6-14-11-10(17(18)19)7(2)15-12(13)16-11/h4-5H,3,6H2,1-2H3,(H,14,15,16). The van der Waals surface area contributed by atoms with Gasteiger partial charge in [-0.25, -0.2) is 4.98 Å². The van der Waals surface area contributed by atoms with Crippen molar-refractivity contribution in [2.24, 2.45) is 0 Å². The van der Waals surface area contributed by atoms with Gasteiger partial charge in [0.25, 0.3) is 0 Å². The number of nitro groups is 1. The Labute approximate surface area is 125 Å². The topological polar surface area (TPSA) is 81.0 Å². The second kappa shape index (κ2) is 6.15. The molecule has 1 N–H and O–H groups in total. The molecule has 2 aromatic heterocycles. The van der Waals surface area contributed by atoms with Gasteiger partial charge in [0.2, 0.25) is 11.1 Å². The Morgan fingerprint density at radius 2 is 2.10 bits per heavy atom. The van der Waals surface area contributed by atoms with E-state index in [1.54, 1.807) is 11.3 Å². The van der Waals surface area contributed by atoms with Gasteiger partial charge in [-0.15, -0.1) is 11.3 Å². The average molecular weight is 313 g/mol. The van der Waals surface area contributed by atoms with Crippen molar-refractivity contribution in [3.05, 3.63) is 43.0 Å². The van der Waals surface area contributed by atoms with Crippen molar-refractivity contribution >= 4 is 34.4 Å². The van der Waals surface area contributed by atoms with Gasteiger partial charge in [-0.05, 0) is 37.1 Å². The molecule has 2 aromatic rings. The number of hydrogen-bond acceptors (Lipinski definition) is 6. The molecular formula is C12H13ClN4O2S. The third-order valence-electron chi connectivity index (χ3n) is 2.71. The lowest BCUT2D eigenvalue weighted by Gasteiger charge is -2.06. The van der Waals surface area contributed by atoms with Crippen LogP contribution >= 0.6 is 22.9 Å². The van der Waals surface area contributed by atoms with Crippen molar-refractivity contribution in [2.45, 2.75) is 26.8 Å². The molecule has 2 rings (SSSR count). The van der Waals surface area contributed by atoms with Crippen LogP contribution in [-0.4, -0.2) is 14.9 Å². The number of nitrogens with zero attached hydrogens (tertiary/aromatic N) is 3. The second-order valence-electron chi connectivity index (χ2n) is 4.11. The average Bonchev–Trinajstić information content (AvgIpc) is 2.82. The van der Waals surface area contributed by atoms with E-state index in [4.69, 9.17) is 11.6 Å². The molecule has 2 heterocycles. The van der Waals surface area contributed by atoms with Crippen LogP contribution in [0, 0.1) is 17.0 Å². The minimum atomic E-state index is -0.500. The highest BCUT2D eigenvalue weighted by Crippen LogP contribution is 2.27. The summed E-state index contributed by atoms with van der Waals surface area (Å²) < 4.78 is 0. The summed E-state index contributed by atoms with van der Waals surface area (Å²) in [6.07, 6.45) is 0.975. The summed E-state index contributed by atoms with van der Waals surface area (Å²) in [5.74, 6) is 0.152. The van der Waals surface area contributed by atoms with Crippen molar-refractivity contribution < 1.29 is 4.92 Å². The molecule has 0 unspecified atom stereocenters. The van der Waals surface area contributed by atoms with Gasteiger partial charge in [-0.3, -0.25) is 10.1 Å². The maximum atomic E-state index is 11.1. The van der Waals surface area contributed by atoms with Gasteiger partial charge < -0.3 is 5.32 Å². The summed E-state index contributed by atoms with van der Waals surface area (Å²) in [5.41, 5.74) is 0.111. The predicted octanol–water partition coefficient (Wildman–Crippen LogP) is 3.58. The van der Waals surface area contributed by atoms with E-state index in [9.17, 15) is 10.1 Å². The molecule has 0 saturated carbocycles. The molecule has 0 aromatic carbocycles. The third-order valence-corrected chi connectivity index (χ3v) is 4.11. The Bertz CT molecular complexity index is 644. The van der Waals surface area contributed by atoms with Gasteiger partial charge in [0.05, 0.1) is 11.5 Å². The number of aromatic nitrogens is 2. The van der Waals surface area contributed by atoms with Crippen LogP contribution in [0.1, 0.15) is 22.4 Å². The summed E-state index contributed by atoms with van der Waals surface area (Å²) in [4.78, 5) is 20.6. The fourth-order valence-corrected chi connectivity index (χ4v) is 2.86. The Kier molecular flexibility index (Phi) is 4.51. The van der Waals surface area contributed by atoms with Crippen LogP contribution in [0.3, 0.4) is 0 Å². The van der Waals surface area contributed by atoms with Crippen LogP contribution in [0.2, 0.25) is 5.28 Å². The van der Waals surface area contributed by atoms with E-state index in [1.807, 2.05) is 12.1 Å². The SMILES string of the molecule is CCc1ccc(CNc2nc(Cl)nc(C)c2[N+](=O)[O-])s1. The predicted molar refractivity (Wildman–Crippen MR) is 79.5 cm³/mol. The molecule has 8 heteroatoms. The summed E-state index contributed by atoms with van der Waals surface area (Å²) >= 11 is 7.42. The molecule has 6 nitrogen and oxygen atoms in total. The number of hydrogen-bond donors (Lipinski definition) is 1. The molecular weight excluding hydrogens is 300 g/mol. The van der Waals surface area contributed by atoms with Crippen LogP contribution in [0.4, 0.5) is 11.5 Å². The van der Waals surface area contributed by atoms with Gasteiger partial charge in [-0.2, -0.15) is 4.98 Å². The van der Waals surface area contributed by atoms with Crippen LogP contribution in [-0.2, 0) is 13.0 Å². The Morgan fingerprint density at radius 3 is 2.70 bits per heavy atom. The molecule has 0 radical (unpaired) electrons. The van der Waals surface area contributed by atoms with E-state index in [0.29, 0.717) is 6.54 Å². The number of nitrogens with one attached hydrogen (secondary N) is 1. The van der Waals surface area contributed by atoms with E-state index in [-0.39, 0.29) is 22.5 Å². The lowest BCUT2D eigenvalue weighted by atomic mass is 10.3. The minimum absolute atomic E-state index is 0.00368. The number of rotatable bonds is 5. The van der Waals surface area contributed by atoms with Gasteiger partial charge in [-0.1, -0.05) is 6.92 Å². The smallest absolute Gasteiger partial charge is 0.332 e. The van der Waals surface area contributed by atoms with Gasteiger partial charge >= 0.3 is 5.69 Å². The van der Waals surface area contributed by atoms with E-state index in [0.717, 1.165) is 11.3 Å². The monoisotopic (exact) mass is 312 g/mol. The van der Waals surface area contributed by atoms with Gasteiger partial charge in [0.15, 0.2) is 0 Å². The quantitative estimate of drug-likeness (QED) is 0.518. The Balaban J connectivity index is 2.22. The first kappa shape index (κ1) is 14.7. The second-order valence-corrected chi connectivity index (χ2v) is 5.70. The first-order valence-electron chi connectivity index (χ1n) is 6.01. The lowest BCUT2D eigenvalue weighted by molar-refractivity contribution is -0.385. The van der Waals surface area contributed by atoms with Crippen molar-refractivity contribution in [2.75, 3.05) is 5.32 Å². The molecule has 0 spiro atoms. The van der Waals surface area contributed by atoms with Crippen LogP contribution < -0.4 is 5.32 Å². The number of anilines is 1. The molecule has 0 aliphatic rings. The Hall–Kier alpha value is -1.73. The van der Waals surface area contributed by atoms with Crippen LogP contribution in [0.25, 0.3) is 0 Å². The molecule has 106 valence electrons. The van der Waals surface area contributed by atoms with Gasteiger partial charge in [0, 0.05) is 9.75 Å². The highest BCUT2D eigenvalue weighted by Gasteiger charge is 2.21. The third kappa shape index (κ3) is 3.23. The minimum Gasteiger partial charge on any atom is -0.359 e. The zero-order valence-electron chi connectivity index (χ0n) is 11.0. The fraction of sp³-hybridized carbons (Fsp3) is 0.333. The number of aryl methyl sites for hydroxylation is 2. The Morgan fingerprint density at radius 1 is 1.40 bits per heavy atom. The lowest BCUT2D eigenvalue weighted by Crippen LogP contribution is -2.07. The van der Waals surface area contributed by atoms with E-state index >= 15 is 0 Å². The largest absolute Gasteiger partial charge is 0.359 e. The number of thiophene rings is 1. The first-order chi connectivity index (χ1) is 9.51. The molecule has 0 aliphatic carbocycles. The van der Waals surface area contributed by atoms with E-state index < -0.39 is 4.92 Å². The van der Waals surface area contributed by atoms with Crippen molar-refractivity contribution in [3.8, 4) is 0 Å². The molecule has 0 atom stereocenters. The fourth-order valence-electron chi connectivity index (χ4n) is 1.75. The molecule has 20 heavy (non-hydrogen) atoms. The normalized spacial score (nSPS) is 10.6. The maximum Gasteiger partial charge on any atom is 0.332 e. The van der Waals surface area contributed by atoms with E-state index in [2.05, 4.69) is 22.2 Å². The molecule has 0 bridgehead atoms. The molecule has 0 aliphatic heterocycles. The number of halogens is 1. The van der Waals surface area contributed by atoms with E-state index in [1.165, 1.54) is 11.8 Å². The van der Waals surface area contributed by atoms with Crippen molar-refractivity contribution in [1.29, 1.82) is 0 Å². The zero-order valence-corrected chi connectivity index (χ0v) is 12.6. The first-order valence-corrected chi connectivity index (χ1v) is 7.20. The molecule has 0 saturated heterocycles. The van der Waals surface area contributed by atoms with Crippen LogP contribution in [0.15, 0.2) is 12.1 Å². The van der Waals surface area contributed by atoms with Gasteiger partial charge in [0.1, 0.15) is 5.69 Å². The highest BCUT2D eigenvalue weighted by atomic mass is 35.5. The van der Waals surface area contributed by atoms with Crippen molar-refractivity contribution in [3.63, 3.8) is 0 Å². The summed E-state index contributed by atoms with van der Waals surface area (Å²) in [7, 11) is 0. The van der Waals surface area contributed by atoms with Crippen LogP contribution in [0.5, 0.6) is 0 Å². The summed E-state index contributed by atoms with van der Waals surface area (Å²) in [5, 5.41) is 14.0. The summed E-state index contributed by atoms with van der Waals surface area (Å²) in [6, 6.07) is 4.05. The highest BCUT2D eigenvalue weighted by molar-refractivity contribution is 7.12. The molecule has 0 amide bonds. The molecule has 0 fully saturated rings.